The van der Waals surface area contributed by atoms with Crippen molar-refractivity contribution >= 4 is 11.3 Å². The van der Waals surface area contributed by atoms with Crippen molar-refractivity contribution in [1.29, 1.82) is 0 Å². The molecule has 0 saturated heterocycles. The third-order valence-corrected chi connectivity index (χ3v) is 4.04. The van der Waals surface area contributed by atoms with Crippen LogP contribution in [-0.2, 0) is 0 Å². The molecule has 1 heterocycles. The standard InChI is InChI=1S/C14H25NOS/c1-9(6-10(2)16)8-15-12(4)14-7-11(3)17-13(14)5/h7,9-10,12,15-16H,6,8H2,1-5H3. The lowest BCUT2D eigenvalue weighted by molar-refractivity contribution is 0.162. The molecule has 0 radical (unpaired) electrons. The zero-order chi connectivity index (χ0) is 13.0. The Labute approximate surface area is 109 Å². The van der Waals surface area contributed by atoms with E-state index in [1.807, 2.05) is 18.3 Å². The van der Waals surface area contributed by atoms with Crippen LogP contribution in [0.15, 0.2) is 6.07 Å². The predicted octanol–water partition coefficient (Wildman–Crippen LogP) is 3.42. The number of aliphatic hydroxyl groups excluding tert-OH is 1. The molecule has 0 aliphatic carbocycles. The van der Waals surface area contributed by atoms with Crippen molar-refractivity contribution in [2.75, 3.05) is 6.54 Å². The average molecular weight is 255 g/mol. The highest BCUT2D eigenvalue weighted by molar-refractivity contribution is 7.12. The summed E-state index contributed by atoms with van der Waals surface area (Å²) >= 11 is 1.86. The van der Waals surface area contributed by atoms with E-state index in [1.165, 1.54) is 15.3 Å². The van der Waals surface area contributed by atoms with Gasteiger partial charge in [-0.05, 0) is 58.2 Å². The minimum Gasteiger partial charge on any atom is -0.393 e. The maximum Gasteiger partial charge on any atom is 0.0515 e. The fraction of sp³-hybridized carbons (Fsp3) is 0.714. The lowest BCUT2D eigenvalue weighted by Crippen LogP contribution is -2.26. The van der Waals surface area contributed by atoms with Crippen molar-refractivity contribution in [1.82, 2.24) is 5.32 Å². The number of aliphatic hydroxyl groups is 1. The van der Waals surface area contributed by atoms with Crippen LogP contribution >= 0.6 is 11.3 Å². The maximum atomic E-state index is 9.33. The van der Waals surface area contributed by atoms with E-state index in [4.69, 9.17) is 0 Å². The van der Waals surface area contributed by atoms with Crippen LogP contribution in [0.1, 0.15) is 48.6 Å². The van der Waals surface area contributed by atoms with Crippen molar-refractivity contribution < 1.29 is 5.11 Å². The number of aryl methyl sites for hydroxylation is 2. The molecule has 0 aliphatic heterocycles. The first-order valence-electron chi connectivity index (χ1n) is 6.38. The second kappa shape index (κ2) is 6.53. The number of hydrogen-bond donors (Lipinski definition) is 2. The predicted molar refractivity (Wildman–Crippen MR) is 75.7 cm³/mol. The molecule has 1 aromatic rings. The minimum absolute atomic E-state index is 0.202. The molecule has 2 nitrogen and oxygen atoms in total. The number of rotatable bonds is 6. The summed E-state index contributed by atoms with van der Waals surface area (Å²) in [6, 6.07) is 2.67. The van der Waals surface area contributed by atoms with Gasteiger partial charge in [-0.1, -0.05) is 6.92 Å². The first-order chi connectivity index (χ1) is 7.90. The van der Waals surface area contributed by atoms with Gasteiger partial charge in [0.1, 0.15) is 0 Å². The molecule has 3 unspecified atom stereocenters. The molecule has 1 rings (SSSR count). The quantitative estimate of drug-likeness (QED) is 0.816. The van der Waals surface area contributed by atoms with Crippen molar-refractivity contribution in [3.63, 3.8) is 0 Å². The molecular formula is C14H25NOS. The van der Waals surface area contributed by atoms with E-state index in [9.17, 15) is 5.11 Å². The van der Waals surface area contributed by atoms with Gasteiger partial charge in [0, 0.05) is 15.8 Å². The van der Waals surface area contributed by atoms with Gasteiger partial charge in [-0.3, -0.25) is 0 Å². The van der Waals surface area contributed by atoms with Crippen LogP contribution in [0.5, 0.6) is 0 Å². The van der Waals surface area contributed by atoms with E-state index in [0.29, 0.717) is 12.0 Å². The first kappa shape index (κ1) is 14.7. The van der Waals surface area contributed by atoms with Crippen molar-refractivity contribution in [3.05, 3.63) is 21.4 Å². The summed E-state index contributed by atoms with van der Waals surface area (Å²) in [4.78, 5) is 2.79. The summed E-state index contributed by atoms with van der Waals surface area (Å²) in [6.07, 6.45) is 0.661. The van der Waals surface area contributed by atoms with Crippen molar-refractivity contribution in [2.24, 2.45) is 5.92 Å². The molecule has 98 valence electrons. The van der Waals surface area contributed by atoms with E-state index in [1.54, 1.807) is 0 Å². The Bertz CT molecular complexity index is 346. The SMILES string of the molecule is Cc1cc(C(C)NCC(C)CC(C)O)c(C)s1. The number of hydrogen-bond acceptors (Lipinski definition) is 3. The first-order valence-corrected chi connectivity index (χ1v) is 7.20. The third-order valence-electron chi connectivity index (χ3n) is 3.06. The Morgan fingerprint density at radius 2 is 1.94 bits per heavy atom. The summed E-state index contributed by atoms with van der Waals surface area (Å²) in [5.74, 6) is 0.512. The molecule has 0 aliphatic rings. The smallest absolute Gasteiger partial charge is 0.0515 e. The van der Waals surface area contributed by atoms with Gasteiger partial charge in [0.25, 0.3) is 0 Å². The van der Waals surface area contributed by atoms with Gasteiger partial charge >= 0.3 is 0 Å². The van der Waals surface area contributed by atoms with Gasteiger partial charge in [-0.15, -0.1) is 11.3 Å². The maximum absolute atomic E-state index is 9.33. The molecule has 0 amide bonds. The van der Waals surface area contributed by atoms with Gasteiger partial charge in [0.05, 0.1) is 6.10 Å². The van der Waals surface area contributed by atoms with Crippen LogP contribution in [0.4, 0.5) is 0 Å². The average Bonchev–Trinajstić information content (AvgIpc) is 2.53. The lowest BCUT2D eigenvalue weighted by Gasteiger charge is -2.18. The van der Waals surface area contributed by atoms with Gasteiger partial charge in [0.2, 0.25) is 0 Å². The fourth-order valence-corrected chi connectivity index (χ4v) is 3.26. The van der Waals surface area contributed by atoms with Gasteiger partial charge in [-0.2, -0.15) is 0 Å². The Morgan fingerprint density at radius 3 is 2.41 bits per heavy atom. The summed E-state index contributed by atoms with van der Waals surface area (Å²) in [5, 5.41) is 12.9. The van der Waals surface area contributed by atoms with Crippen LogP contribution < -0.4 is 5.32 Å². The highest BCUT2D eigenvalue weighted by Crippen LogP contribution is 2.26. The summed E-state index contributed by atoms with van der Waals surface area (Å²) < 4.78 is 0. The molecule has 17 heavy (non-hydrogen) atoms. The molecule has 0 saturated carbocycles. The third kappa shape index (κ3) is 4.78. The van der Waals surface area contributed by atoms with Crippen LogP contribution in [0.25, 0.3) is 0 Å². The highest BCUT2D eigenvalue weighted by Gasteiger charge is 2.12. The molecular weight excluding hydrogens is 230 g/mol. The van der Waals surface area contributed by atoms with Crippen LogP contribution in [0.3, 0.4) is 0 Å². The molecule has 2 N–H and O–H groups in total. The van der Waals surface area contributed by atoms with Crippen LogP contribution in [-0.4, -0.2) is 17.8 Å². The Kier molecular flexibility index (Phi) is 5.63. The molecule has 0 fully saturated rings. The van der Waals surface area contributed by atoms with E-state index in [2.05, 4.69) is 39.1 Å². The van der Waals surface area contributed by atoms with E-state index < -0.39 is 0 Å². The molecule has 0 aromatic carbocycles. The van der Waals surface area contributed by atoms with Gasteiger partial charge < -0.3 is 10.4 Å². The van der Waals surface area contributed by atoms with E-state index in [-0.39, 0.29) is 6.10 Å². The Hall–Kier alpha value is -0.380. The number of nitrogens with one attached hydrogen (secondary N) is 1. The summed E-state index contributed by atoms with van der Waals surface area (Å²) in [7, 11) is 0. The Morgan fingerprint density at radius 1 is 1.29 bits per heavy atom. The lowest BCUT2D eigenvalue weighted by atomic mass is 10.0. The minimum atomic E-state index is -0.202. The monoisotopic (exact) mass is 255 g/mol. The topological polar surface area (TPSA) is 32.3 Å². The fourth-order valence-electron chi connectivity index (χ4n) is 2.23. The van der Waals surface area contributed by atoms with E-state index >= 15 is 0 Å². The second-order valence-electron chi connectivity index (χ2n) is 5.19. The van der Waals surface area contributed by atoms with Gasteiger partial charge in [0.15, 0.2) is 0 Å². The molecule has 0 bridgehead atoms. The van der Waals surface area contributed by atoms with E-state index in [0.717, 1.165) is 13.0 Å². The molecule has 3 atom stereocenters. The molecule has 3 heteroatoms. The second-order valence-corrected chi connectivity index (χ2v) is 6.65. The normalized spacial score (nSPS) is 16.8. The van der Waals surface area contributed by atoms with Crippen LogP contribution in [0, 0.1) is 19.8 Å². The molecule has 1 aromatic heterocycles. The highest BCUT2D eigenvalue weighted by atomic mass is 32.1. The molecule has 0 spiro atoms. The number of thiophene rings is 1. The largest absolute Gasteiger partial charge is 0.393 e. The van der Waals surface area contributed by atoms with Crippen molar-refractivity contribution in [2.45, 2.75) is 53.2 Å². The Balaban J connectivity index is 2.44. The van der Waals surface area contributed by atoms with Crippen LogP contribution in [0.2, 0.25) is 0 Å². The summed E-state index contributed by atoms with van der Waals surface area (Å²) in [5.41, 5.74) is 1.41. The summed E-state index contributed by atoms with van der Waals surface area (Å²) in [6.45, 7) is 11.5. The van der Waals surface area contributed by atoms with Crippen molar-refractivity contribution in [3.8, 4) is 0 Å². The zero-order valence-corrected chi connectivity index (χ0v) is 12.4. The zero-order valence-electron chi connectivity index (χ0n) is 11.6. The van der Waals surface area contributed by atoms with Gasteiger partial charge in [-0.25, -0.2) is 0 Å².